The lowest BCUT2D eigenvalue weighted by atomic mass is 10.1. The maximum atomic E-state index is 14.3. The molecule has 0 aliphatic carbocycles. The fraction of sp³-hybridized carbons (Fsp3) is 0.533. The molecular weight excluding hydrogens is 301 g/mol. The molecule has 2 aromatic heterocycles. The number of anilines is 2. The molecular formula is C15H20FN5S. The van der Waals surface area contributed by atoms with E-state index in [1.807, 2.05) is 24.1 Å². The maximum Gasteiger partial charge on any atom is 0.187 e. The first-order valence-corrected chi connectivity index (χ1v) is 8.48. The normalized spacial score (nSPS) is 16.0. The van der Waals surface area contributed by atoms with E-state index in [1.54, 1.807) is 11.3 Å². The minimum atomic E-state index is -0.271. The standard InChI is InChI=1S/C15H20FN5S/c1-3-12-13(16)14(18-9-17-12)21-6-4-11(5-7-21)20-15-19-10(2)8-22-15/h8-9,11H,3-7H2,1-2H3,(H,19,20). The second-order valence-corrected chi connectivity index (χ2v) is 6.37. The van der Waals surface area contributed by atoms with Crippen molar-refractivity contribution in [3.05, 3.63) is 28.9 Å². The van der Waals surface area contributed by atoms with Gasteiger partial charge in [-0.15, -0.1) is 11.3 Å². The fourth-order valence-electron chi connectivity index (χ4n) is 2.69. The lowest BCUT2D eigenvalue weighted by molar-refractivity contribution is 0.507. The lowest BCUT2D eigenvalue weighted by Crippen LogP contribution is -2.40. The summed E-state index contributed by atoms with van der Waals surface area (Å²) in [5.74, 6) is 0.169. The summed E-state index contributed by atoms with van der Waals surface area (Å²) in [6.07, 6.45) is 3.94. The van der Waals surface area contributed by atoms with Gasteiger partial charge in [-0.25, -0.2) is 19.3 Å². The van der Waals surface area contributed by atoms with Gasteiger partial charge in [0.25, 0.3) is 0 Å². The number of halogens is 1. The van der Waals surface area contributed by atoms with Crippen LogP contribution in [0, 0.1) is 12.7 Å². The van der Waals surface area contributed by atoms with Crippen molar-refractivity contribution < 1.29 is 4.39 Å². The van der Waals surface area contributed by atoms with E-state index in [0.717, 1.165) is 36.8 Å². The van der Waals surface area contributed by atoms with Gasteiger partial charge in [0, 0.05) is 24.5 Å². The molecule has 0 atom stereocenters. The molecule has 5 nitrogen and oxygen atoms in total. The van der Waals surface area contributed by atoms with Gasteiger partial charge in [0.15, 0.2) is 16.8 Å². The van der Waals surface area contributed by atoms with E-state index in [1.165, 1.54) is 6.33 Å². The van der Waals surface area contributed by atoms with E-state index >= 15 is 0 Å². The van der Waals surface area contributed by atoms with E-state index in [0.29, 0.717) is 24.0 Å². The molecule has 1 N–H and O–H groups in total. The molecule has 0 unspecified atom stereocenters. The van der Waals surface area contributed by atoms with Crippen LogP contribution < -0.4 is 10.2 Å². The topological polar surface area (TPSA) is 53.9 Å². The second-order valence-electron chi connectivity index (χ2n) is 5.51. The summed E-state index contributed by atoms with van der Waals surface area (Å²) in [5, 5.41) is 6.48. The van der Waals surface area contributed by atoms with Crippen LogP contribution in [0.1, 0.15) is 31.2 Å². The number of hydrogen-bond donors (Lipinski definition) is 1. The molecule has 0 amide bonds. The zero-order valence-electron chi connectivity index (χ0n) is 12.8. The number of rotatable bonds is 4. The molecule has 1 aliphatic heterocycles. The van der Waals surface area contributed by atoms with Crippen LogP contribution >= 0.6 is 11.3 Å². The number of nitrogens with one attached hydrogen (secondary N) is 1. The zero-order chi connectivity index (χ0) is 15.5. The fourth-order valence-corrected chi connectivity index (χ4v) is 3.46. The van der Waals surface area contributed by atoms with Crippen LogP contribution in [-0.2, 0) is 6.42 Å². The highest BCUT2D eigenvalue weighted by Crippen LogP contribution is 2.24. The first-order valence-electron chi connectivity index (χ1n) is 7.60. The Labute approximate surface area is 133 Å². The number of hydrogen-bond acceptors (Lipinski definition) is 6. The molecule has 3 heterocycles. The summed E-state index contributed by atoms with van der Waals surface area (Å²) in [6, 6.07) is 0.386. The molecule has 0 saturated carbocycles. The molecule has 7 heteroatoms. The van der Waals surface area contributed by atoms with Crippen LogP contribution in [0.2, 0.25) is 0 Å². The van der Waals surface area contributed by atoms with Crippen LogP contribution in [0.25, 0.3) is 0 Å². The maximum absolute atomic E-state index is 14.3. The van der Waals surface area contributed by atoms with Crippen LogP contribution in [-0.4, -0.2) is 34.1 Å². The van der Waals surface area contributed by atoms with Crippen molar-refractivity contribution in [2.75, 3.05) is 23.3 Å². The van der Waals surface area contributed by atoms with Gasteiger partial charge in [-0.2, -0.15) is 0 Å². The molecule has 0 aromatic carbocycles. The summed E-state index contributed by atoms with van der Waals surface area (Å²) < 4.78 is 14.3. The van der Waals surface area contributed by atoms with Gasteiger partial charge >= 0.3 is 0 Å². The highest BCUT2D eigenvalue weighted by molar-refractivity contribution is 7.13. The highest BCUT2D eigenvalue weighted by atomic mass is 32.1. The molecule has 0 bridgehead atoms. The minimum Gasteiger partial charge on any atom is -0.359 e. The van der Waals surface area contributed by atoms with E-state index in [2.05, 4.69) is 20.3 Å². The zero-order valence-corrected chi connectivity index (χ0v) is 13.7. The molecule has 1 fully saturated rings. The monoisotopic (exact) mass is 321 g/mol. The van der Waals surface area contributed by atoms with Gasteiger partial charge in [0.1, 0.15) is 6.33 Å². The Morgan fingerprint density at radius 1 is 1.36 bits per heavy atom. The van der Waals surface area contributed by atoms with Crippen molar-refractivity contribution >= 4 is 22.3 Å². The number of aromatic nitrogens is 3. The van der Waals surface area contributed by atoms with Crippen LogP contribution in [0.15, 0.2) is 11.7 Å². The minimum absolute atomic E-state index is 0.271. The van der Waals surface area contributed by atoms with E-state index in [-0.39, 0.29) is 5.82 Å². The number of piperidine rings is 1. The highest BCUT2D eigenvalue weighted by Gasteiger charge is 2.23. The van der Waals surface area contributed by atoms with Crippen molar-refractivity contribution in [3.63, 3.8) is 0 Å². The molecule has 1 saturated heterocycles. The number of aryl methyl sites for hydroxylation is 2. The SMILES string of the molecule is CCc1ncnc(N2CCC(Nc3nc(C)cs3)CC2)c1F. The van der Waals surface area contributed by atoms with Crippen molar-refractivity contribution in [3.8, 4) is 0 Å². The van der Waals surface area contributed by atoms with Gasteiger partial charge in [-0.1, -0.05) is 6.92 Å². The van der Waals surface area contributed by atoms with E-state index in [9.17, 15) is 4.39 Å². The van der Waals surface area contributed by atoms with Gasteiger partial charge in [-0.05, 0) is 26.2 Å². The van der Waals surface area contributed by atoms with E-state index in [4.69, 9.17) is 0 Å². The molecule has 0 spiro atoms. The average Bonchev–Trinajstić information content (AvgIpc) is 2.94. The Kier molecular flexibility index (Phi) is 4.52. The Morgan fingerprint density at radius 2 is 2.14 bits per heavy atom. The Morgan fingerprint density at radius 3 is 2.77 bits per heavy atom. The number of thiazole rings is 1. The second kappa shape index (κ2) is 6.56. The van der Waals surface area contributed by atoms with Crippen molar-refractivity contribution in [2.45, 2.75) is 39.2 Å². The van der Waals surface area contributed by atoms with Crippen molar-refractivity contribution in [2.24, 2.45) is 0 Å². The summed E-state index contributed by atoms with van der Waals surface area (Å²) in [5.41, 5.74) is 1.53. The quantitative estimate of drug-likeness (QED) is 0.938. The van der Waals surface area contributed by atoms with Crippen LogP contribution in [0.5, 0.6) is 0 Å². The molecule has 1 aliphatic rings. The van der Waals surface area contributed by atoms with Gasteiger partial charge in [-0.3, -0.25) is 0 Å². The third-order valence-electron chi connectivity index (χ3n) is 3.92. The largest absolute Gasteiger partial charge is 0.359 e. The Bertz CT molecular complexity index is 637. The molecule has 0 radical (unpaired) electrons. The average molecular weight is 321 g/mol. The molecule has 22 heavy (non-hydrogen) atoms. The number of nitrogens with zero attached hydrogens (tertiary/aromatic N) is 4. The third-order valence-corrected chi connectivity index (χ3v) is 4.81. The summed E-state index contributed by atoms with van der Waals surface area (Å²) in [6.45, 7) is 5.48. The Balaban J connectivity index is 1.62. The lowest BCUT2D eigenvalue weighted by Gasteiger charge is -2.33. The predicted octanol–water partition coefficient (Wildman–Crippen LogP) is 3.02. The summed E-state index contributed by atoms with van der Waals surface area (Å²) in [4.78, 5) is 14.6. The third kappa shape index (κ3) is 3.19. The van der Waals surface area contributed by atoms with Crippen LogP contribution in [0.4, 0.5) is 15.3 Å². The van der Waals surface area contributed by atoms with E-state index < -0.39 is 0 Å². The summed E-state index contributed by atoms with van der Waals surface area (Å²) in [7, 11) is 0. The predicted molar refractivity (Wildman–Crippen MR) is 87.1 cm³/mol. The van der Waals surface area contributed by atoms with Gasteiger partial charge < -0.3 is 10.2 Å². The first-order chi connectivity index (χ1) is 10.7. The van der Waals surface area contributed by atoms with Crippen LogP contribution in [0.3, 0.4) is 0 Å². The smallest absolute Gasteiger partial charge is 0.187 e. The molecule has 118 valence electrons. The van der Waals surface area contributed by atoms with Crippen molar-refractivity contribution in [1.82, 2.24) is 15.0 Å². The molecule has 2 aromatic rings. The summed E-state index contributed by atoms with van der Waals surface area (Å²) >= 11 is 1.63. The Hall–Kier alpha value is -1.76. The van der Waals surface area contributed by atoms with Crippen molar-refractivity contribution in [1.29, 1.82) is 0 Å². The van der Waals surface area contributed by atoms with Gasteiger partial charge in [0.05, 0.1) is 11.4 Å². The first kappa shape index (κ1) is 15.1. The molecule has 3 rings (SSSR count). The van der Waals surface area contributed by atoms with Gasteiger partial charge in [0.2, 0.25) is 0 Å².